The molecule has 1 aromatic rings. The van der Waals surface area contributed by atoms with Crippen molar-refractivity contribution >= 4 is 17.4 Å². The van der Waals surface area contributed by atoms with Crippen LogP contribution in [0.15, 0.2) is 12.3 Å². The molecule has 1 aliphatic carbocycles. The topological polar surface area (TPSA) is 97.2 Å². The summed E-state index contributed by atoms with van der Waals surface area (Å²) in [7, 11) is 0. The molecule has 2 atom stereocenters. The lowest BCUT2D eigenvalue weighted by molar-refractivity contribution is -0.385. The monoisotopic (exact) mass is 278 g/mol. The number of nitrogens with one attached hydrogen (secondary N) is 2. The van der Waals surface area contributed by atoms with Crippen LogP contribution < -0.4 is 10.6 Å². The fourth-order valence-electron chi connectivity index (χ4n) is 1.89. The number of carbonyl (C=O) groups excluding carboxylic acids is 1. The summed E-state index contributed by atoms with van der Waals surface area (Å²) >= 11 is 0. The summed E-state index contributed by atoms with van der Waals surface area (Å²) < 4.78 is 0. The Morgan fingerprint density at radius 3 is 2.85 bits per heavy atom. The maximum Gasteiger partial charge on any atom is 0.300 e. The minimum Gasteiger partial charge on any atom is -0.370 e. The summed E-state index contributed by atoms with van der Waals surface area (Å²) in [5, 5.41) is 16.8. The van der Waals surface area contributed by atoms with Crippen LogP contribution in [0.5, 0.6) is 0 Å². The van der Waals surface area contributed by atoms with E-state index in [4.69, 9.17) is 0 Å². The van der Waals surface area contributed by atoms with Gasteiger partial charge in [0.15, 0.2) is 0 Å². The second-order valence-corrected chi connectivity index (χ2v) is 5.06. The molecule has 0 aliphatic heterocycles. The molecule has 1 amide bonds. The lowest BCUT2D eigenvalue weighted by atomic mass is 10.2. The highest BCUT2D eigenvalue weighted by Gasteiger charge is 2.35. The van der Waals surface area contributed by atoms with Gasteiger partial charge in [0.2, 0.25) is 0 Å². The predicted molar refractivity (Wildman–Crippen MR) is 74.7 cm³/mol. The number of aromatic nitrogens is 1. The van der Waals surface area contributed by atoms with Gasteiger partial charge in [-0.25, -0.2) is 4.98 Å². The van der Waals surface area contributed by atoms with Crippen molar-refractivity contribution in [2.24, 2.45) is 5.92 Å². The Morgan fingerprint density at radius 1 is 1.60 bits per heavy atom. The van der Waals surface area contributed by atoms with E-state index in [0.29, 0.717) is 18.3 Å². The van der Waals surface area contributed by atoms with Crippen molar-refractivity contribution in [3.63, 3.8) is 0 Å². The highest BCUT2D eigenvalue weighted by atomic mass is 16.6. The Morgan fingerprint density at radius 2 is 2.30 bits per heavy atom. The lowest BCUT2D eigenvalue weighted by Gasteiger charge is -2.08. The zero-order valence-electron chi connectivity index (χ0n) is 11.5. The van der Waals surface area contributed by atoms with Crippen LogP contribution in [-0.2, 0) is 0 Å². The van der Waals surface area contributed by atoms with Crippen LogP contribution in [0.25, 0.3) is 0 Å². The Bertz CT molecular complexity index is 532. The van der Waals surface area contributed by atoms with Crippen LogP contribution >= 0.6 is 0 Å². The first-order chi connectivity index (χ1) is 9.52. The van der Waals surface area contributed by atoms with Gasteiger partial charge in [-0.1, -0.05) is 13.8 Å². The molecule has 0 spiro atoms. The number of anilines is 1. The van der Waals surface area contributed by atoms with Crippen LogP contribution in [0.3, 0.4) is 0 Å². The average molecular weight is 278 g/mol. The second-order valence-electron chi connectivity index (χ2n) is 5.06. The number of carbonyl (C=O) groups is 1. The van der Waals surface area contributed by atoms with E-state index in [2.05, 4.69) is 15.6 Å². The van der Waals surface area contributed by atoms with E-state index in [1.165, 1.54) is 6.07 Å². The van der Waals surface area contributed by atoms with Gasteiger partial charge in [-0.2, -0.15) is 0 Å². The first-order valence-electron chi connectivity index (χ1n) is 6.72. The van der Waals surface area contributed by atoms with Crippen LogP contribution in [0.1, 0.15) is 37.0 Å². The SMILES string of the molecule is CCCNc1cc(C(=O)NC2CC2C)c([N+](=O)[O-])cn1. The summed E-state index contributed by atoms with van der Waals surface area (Å²) in [6.07, 6.45) is 2.95. The van der Waals surface area contributed by atoms with Crippen LogP contribution in [0.2, 0.25) is 0 Å². The van der Waals surface area contributed by atoms with E-state index >= 15 is 0 Å². The summed E-state index contributed by atoms with van der Waals surface area (Å²) in [4.78, 5) is 26.5. The molecule has 2 N–H and O–H groups in total. The predicted octanol–water partition coefficient (Wildman–Crippen LogP) is 1.95. The van der Waals surface area contributed by atoms with E-state index in [9.17, 15) is 14.9 Å². The van der Waals surface area contributed by atoms with Crippen molar-refractivity contribution in [2.75, 3.05) is 11.9 Å². The third kappa shape index (κ3) is 3.23. The lowest BCUT2D eigenvalue weighted by Crippen LogP contribution is -2.27. The van der Waals surface area contributed by atoms with Crippen molar-refractivity contribution in [1.29, 1.82) is 0 Å². The Kier molecular flexibility index (Phi) is 4.16. The molecule has 1 fully saturated rings. The van der Waals surface area contributed by atoms with E-state index in [1.54, 1.807) is 0 Å². The maximum atomic E-state index is 12.1. The minimum absolute atomic E-state index is 0.0581. The van der Waals surface area contributed by atoms with Gasteiger partial charge in [0.05, 0.1) is 4.92 Å². The van der Waals surface area contributed by atoms with Gasteiger partial charge in [-0.3, -0.25) is 14.9 Å². The maximum absolute atomic E-state index is 12.1. The molecular weight excluding hydrogens is 260 g/mol. The van der Waals surface area contributed by atoms with Gasteiger partial charge in [0.25, 0.3) is 11.6 Å². The molecular formula is C13H18N4O3. The molecule has 1 saturated carbocycles. The fourth-order valence-corrected chi connectivity index (χ4v) is 1.89. The van der Waals surface area contributed by atoms with E-state index in [0.717, 1.165) is 19.0 Å². The van der Waals surface area contributed by atoms with Crippen molar-refractivity contribution in [2.45, 2.75) is 32.7 Å². The molecule has 0 aromatic carbocycles. The summed E-state index contributed by atoms with van der Waals surface area (Å²) in [5.41, 5.74) is -0.208. The zero-order valence-corrected chi connectivity index (χ0v) is 11.5. The molecule has 108 valence electrons. The zero-order chi connectivity index (χ0) is 14.7. The molecule has 7 heteroatoms. The van der Waals surface area contributed by atoms with Crippen molar-refractivity contribution in [3.8, 4) is 0 Å². The van der Waals surface area contributed by atoms with Gasteiger partial charge in [0.1, 0.15) is 17.6 Å². The van der Waals surface area contributed by atoms with Crippen molar-refractivity contribution in [1.82, 2.24) is 10.3 Å². The van der Waals surface area contributed by atoms with Gasteiger partial charge < -0.3 is 10.6 Å². The van der Waals surface area contributed by atoms with Gasteiger partial charge in [-0.05, 0) is 18.8 Å². The van der Waals surface area contributed by atoms with Crippen LogP contribution in [-0.4, -0.2) is 28.4 Å². The third-order valence-corrected chi connectivity index (χ3v) is 3.31. The number of pyridine rings is 1. The third-order valence-electron chi connectivity index (χ3n) is 3.31. The van der Waals surface area contributed by atoms with E-state index < -0.39 is 10.8 Å². The molecule has 0 bridgehead atoms. The fraction of sp³-hybridized carbons (Fsp3) is 0.538. The van der Waals surface area contributed by atoms with E-state index in [-0.39, 0.29) is 17.3 Å². The normalized spacial score (nSPS) is 20.3. The minimum atomic E-state index is -0.582. The van der Waals surface area contributed by atoms with Gasteiger partial charge >= 0.3 is 0 Å². The molecule has 0 saturated heterocycles. The standard InChI is InChI=1S/C13H18N4O3/c1-3-4-14-12-6-9(11(7-15-12)17(19)20)13(18)16-10-5-8(10)2/h6-8,10H,3-5H2,1-2H3,(H,14,15)(H,16,18). The van der Waals surface area contributed by atoms with Crippen LogP contribution in [0.4, 0.5) is 11.5 Å². The largest absolute Gasteiger partial charge is 0.370 e. The van der Waals surface area contributed by atoms with Crippen LogP contribution in [0, 0.1) is 16.0 Å². The molecule has 20 heavy (non-hydrogen) atoms. The molecule has 2 unspecified atom stereocenters. The summed E-state index contributed by atoms with van der Waals surface area (Å²) in [6, 6.07) is 1.57. The average Bonchev–Trinajstić information content (AvgIpc) is 3.11. The number of hydrogen-bond donors (Lipinski definition) is 2. The summed E-state index contributed by atoms with van der Waals surface area (Å²) in [5.74, 6) is 0.511. The highest BCUT2D eigenvalue weighted by Crippen LogP contribution is 2.30. The van der Waals surface area contributed by atoms with Gasteiger partial charge in [0, 0.05) is 18.7 Å². The number of nitro groups is 1. The van der Waals surface area contributed by atoms with Gasteiger partial charge in [-0.15, -0.1) is 0 Å². The number of amides is 1. The molecule has 2 rings (SSSR count). The second kappa shape index (κ2) is 5.85. The van der Waals surface area contributed by atoms with Crippen molar-refractivity contribution < 1.29 is 9.72 Å². The first-order valence-corrected chi connectivity index (χ1v) is 6.72. The Labute approximate surface area is 116 Å². The summed E-state index contributed by atoms with van der Waals surface area (Å²) in [6.45, 7) is 4.73. The highest BCUT2D eigenvalue weighted by molar-refractivity contribution is 5.99. The van der Waals surface area contributed by atoms with E-state index in [1.807, 2.05) is 13.8 Å². The first kappa shape index (κ1) is 14.2. The Balaban J connectivity index is 2.21. The number of nitrogens with zero attached hydrogens (tertiary/aromatic N) is 2. The van der Waals surface area contributed by atoms with Crippen molar-refractivity contribution in [3.05, 3.63) is 27.9 Å². The number of hydrogen-bond acceptors (Lipinski definition) is 5. The smallest absolute Gasteiger partial charge is 0.300 e. The Hall–Kier alpha value is -2.18. The molecule has 7 nitrogen and oxygen atoms in total. The molecule has 1 aromatic heterocycles. The molecule has 1 aliphatic rings. The molecule has 1 heterocycles. The molecule has 0 radical (unpaired) electrons. The number of rotatable bonds is 6. The quantitative estimate of drug-likeness (QED) is 0.612.